The Labute approximate surface area is 158 Å². The maximum absolute atomic E-state index is 12.6. The normalized spacial score (nSPS) is 16.8. The molecular formula is C21H24N2O4. The maximum Gasteiger partial charge on any atom is 0.340 e. The van der Waals surface area contributed by atoms with E-state index in [1.807, 2.05) is 31.2 Å². The fourth-order valence-corrected chi connectivity index (χ4v) is 3.46. The van der Waals surface area contributed by atoms with Gasteiger partial charge < -0.3 is 15.0 Å². The van der Waals surface area contributed by atoms with E-state index in [-0.39, 0.29) is 30.0 Å². The van der Waals surface area contributed by atoms with Crippen molar-refractivity contribution in [1.82, 2.24) is 4.90 Å². The quantitative estimate of drug-likeness (QED) is 0.840. The Morgan fingerprint density at radius 1 is 1.15 bits per heavy atom. The number of rotatable bonds is 4. The van der Waals surface area contributed by atoms with Crippen LogP contribution in [0, 0.1) is 0 Å². The number of fused-ring (bicyclic) bond motifs is 1. The molecule has 0 spiro atoms. The number of nitrogens with one attached hydrogen (secondary N) is 1. The molecule has 1 atom stereocenters. The number of hydrogen-bond acceptors (Lipinski definition) is 4. The van der Waals surface area contributed by atoms with Gasteiger partial charge in [0.25, 0.3) is 5.91 Å². The second-order valence-electron chi connectivity index (χ2n) is 6.93. The number of benzene rings is 2. The number of likely N-dealkylation sites (tertiary alicyclic amines) is 1. The Kier molecular flexibility index (Phi) is 5.74. The summed E-state index contributed by atoms with van der Waals surface area (Å²) in [6.07, 6.45) is 3.06. The summed E-state index contributed by atoms with van der Waals surface area (Å²) in [5, 5.41) is 4.42. The summed E-state index contributed by atoms with van der Waals surface area (Å²) in [6.45, 7) is 3.79. The van der Waals surface area contributed by atoms with Crippen molar-refractivity contribution in [2.45, 2.75) is 39.2 Å². The zero-order valence-corrected chi connectivity index (χ0v) is 15.7. The molecule has 0 aromatic heterocycles. The van der Waals surface area contributed by atoms with Crippen LogP contribution in [-0.4, -0.2) is 41.9 Å². The molecule has 1 heterocycles. The van der Waals surface area contributed by atoms with Crippen LogP contribution in [0.1, 0.15) is 43.5 Å². The van der Waals surface area contributed by atoms with Gasteiger partial charge in [-0.3, -0.25) is 9.59 Å². The Bertz CT molecular complexity index is 878. The zero-order valence-electron chi connectivity index (χ0n) is 15.7. The molecule has 142 valence electrons. The van der Waals surface area contributed by atoms with Crippen LogP contribution >= 0.6 is 0 Å². The van der Waals surface area contributed by atoms with Gasteiger partial charge in [-0.1, -0.05) is 24.3 Å². The SMILES string of the molecule is CC(=O)Nc1cc2ccccc2cc1C(=O)OCC(=O)N1CCCCC1C. The van der Waals surface area contributed by atoms with E-state index in [9.17, 15) is 14.4 Å². The van der Waals surface area contributed by atoms with Crippen LogP contribution in [0.25, 0.3) is 10.8 Å². The third kappa shape index (κ3) is 4.45. The van der Waals surface area contributed by atoms with Crippen molar-refractivity contribution < 1.29 is 19.1 Å². The first-order valence-electron chi connectivity index (χ1n) is 9.22. The van der Waals surface area contributed by atoms with Crippen LogP contribution in [-0.2, 0) is 14.3 Å². The van der Waals surface area contributed by atoms with Gasteiger partial charge in [-0.05, 0) is 49.1 Å². The largest absolute Gasteiger partial charge is 0.452 e. The molecule has 1 aliphatic heterocycles. The molecule has 0 aliphatic carbocycles. The molecule has 2 aromatic rings. The lowest BCUT2D eigenvalue weighted by atomic mass is 10.0. The molecule has 1 fully saturated rings. The number of piperidine rings is 1. The topological polar surface area (TPSA) is 75.7 Å². The van der Waals surface area contributed by atoms with Crippen LogP contribution in [0.15, 0.2) is 36.4 Å². The van der Waals surface area contributed by atoms with Crippen molar-refractivity contribution in [1.29, 1.82) is 0 Å². The molecule has 2 amide bonds. The van der Waals surface area contributed by atoms with E-state index in [1.165, 1.54) is 6.92 Å². The van der Waals surface area contributed by atoms with Gasteiger partial charge in [-0.15, -0.1) is 0 Å². The molecule has 0 saturated carbocycles. The lowest BCUT2D eigenvalue weighted by Crippen LogP contribution is -2.44. The zero-order chi connectivity index (χ0) is 19.4. The molecule has 2 aromatic carbocycles. The van der Waals surface area contributed by atoms with E-state index >= 15 is 0 Å². The molecule has 1 aliphatic rings. The highest BCUT2D eigenvalue weighted by atomic mass is 16.5. The van der Waals surface area contributed by atoms with E-state index in [4.69, 9.17) is 4.74 Å². The minimum Gasteiger partial charge on any atom is -0.452 e. The summed E-state index contributed by atoms with van der Waals surface area (Å²) in [7, 11) is 0. The second kappa shape index (κ2) is 8.20. The van der Waals surface area contributed by atoms with Gasteiger partial charge in [0, 0.05) is 19.5 Å². The predicted octanol–water partition coefficient (Wildman–Crippen LogP) is 3.36. The van der Waals surface area contributed by atoms with Crippen LogP contribution in [0.3, 0.4) is 0 Å². The summed E-state index contributed by atoms with van der Waals surface area (Å²) in [5.41, 5.74) is 0.619. The summed E-state index contributed by atoms with van der Waals surface area (Å²) < 4.78 is 5.28. The van der Waals surface area contributed by atoms with Gasteiger partial charge in [0.15, 0.2) is 6.61 Å². The van der Waals surface area contributed by atoms with Crippen LogP contribution < -0.4 is 5.32 Å². The number of nitrogens with zero attached hydrogens (tertiary/aromatic N) is 1. The molecule has 6 heteroatoms. The monoisotopic (exact) mass is 368 g/mol. The summed E-state index contributed by atoms with van der Waals surface area (Å²) in [5.74, 6) is -1.09. The van der Waals surface area contributed by atoms with Crippen molar-refractivity contribution in [3.05, 3.63) is 42.0 Å². The molecule has 0 bridgehead atoms. The highest BCUT2D eigenvalue weighted by Crippen LogP contribution is 2.25. The number of ether oxygens (including phenoxy) is 1. The fraction of sp³-hybridized carbons (Fsp3) is 0.381. The Morgan fingerprint density at radius 2 is 1.85 bits per heavy atom. The van der Waals surface area contributed by atoms with Crippen molar-refractivity contribution in [2.75, 3.05) is 18.5 Å². The average molecular weight is 368 g/mol. The fourth-order valence-electron chi connectivity index (χ4n) is 3.46. The number of carbonyl (C=O) groups excluding carboxylic acids is 3. The first kappa shape index (κ1) is 18.9. The van der Waals surface area contributed by atoms with E-state index in [2.05, 4.69) is 5.32 Å². The van der Waals surface area contributed by atoms with Crippen molar-refractivity contribution in [2.24, 2.45) is 0 Å². The van der Waals surface area contributed by atoms with Gasteiger partial charge >= 0.3 is 5.97 Å². The van der Waals surface area contributed by atoms with E-state index < -0.39 is 5.97 Å². The Hall–Kier alpha value is -2.89. The lowest BCUT2D eigenvalue weighted by molar-refractivity contribution is -0.137. The van der Waals surface area contributed by atoms with Gasteiger partial charge in [-0.25, -0.2) is 4.79 Å². The predicted molar refractivity (Wildman–Crippen MR) is 104 cm³/mol. The van der Waals surface area contributed by atoms with E-state index in [0.717, 1.165) is 30.0 Å². The number of esters is 1. The molecule has 27 heavy (non-hydrogen) atoms. The van der Waals surface area contributed by atoms with Gasteiger partial charge in [0.2, 0.25) is 5.91 Å². The van der Waals surface area contributed by atoms with Gasteiger partial charge in [0.1, 0.15) is 0 Å². The third-order valence-electron chi connectivity index (χ3n) is 4.87. The Balaban J connectivity index is 1.77. The highest BCUT2D eigenvalue weighted by molar-refractivity contribution is 6.05. The molecule has 1 saturated heterocycles. The van der Waals surface area contributed by atoms with Crippen LogP contribution in [0.4, 0.5) is 5.69 Å². The highest BCUT2D eigenvalue weighted by Gasteiger charge is 2.24. The minimum absolute atomic E-state index is 0.167. The molecule has 1 unspecified atom stereocenters. The van der Waals surface area contributed by atoms with Crippen molar-refractivity contribution in [3.63, 3.8) is 0 Å². The summed E-state index contributed by atoms with van der Waals surface area (Å²) in [6, 6.07) is 11.1. The molecule has 1 N–H and O–H groups in total. The van der Waals surface area contributed by atoms with Crippen LogP contribution in [0.5, 0.6) is 0 Å². The lowest BCUT2D eigenvalue weighted by Gasteiger charge is -2.33. The Morgan fingerprint density at radius 3 is 2.52 bits per heavy atom. The van der Waals surface area contributed by atoms with Gasteiger partial charge in [-0.2, -0.15) is 0 Å². The van der Waals surface area contributed by atoms with Crippen molar-refractivity contribution >= 4 is 34.2 Å². The molecule has 3 rings (SSSR count). The second-order valence-corrected chi connectivity index (χ2v) is 6.93. The minimum atomic E-state index is -0.623. The van der Waals surface area contributed by atoms with E-state index in [0.29, 0.717) is 12.2 Å². The molecule has 6 nitrogen and oxygen atoms in total. The number of hydrogen-bond donors (Lipinski definition) is 1. The van der Waals surface area contributed by atoms with E-state index in [1.54, 1.807) is 17.0 Å². The standard InChI is InChI=1S/C21H24N2O4/c1-14-7-5-6-10-23(14)20(25)13-27-21(26)18-11-16-8-3-4-9-17(16)12-19(18)22-15(2)24/h3-4,8-9,11-12,14H,5-7,10,13H2,1-2H3,(H,22,24). The summed E-state index contributed by atoms with van der Waals surface area (Å²) >= 11 is 0. The third-order valence-corrected chi connectivity index (χ3v) is 4.87. The molecular weight excluding hydrogens is 344 g/mol. The number of amides is 2. The first-order chi connectivity index (χ1) is 13.0. The maximum atomic E-state index is 12.6. The van der Waals surface area contributed by atoms with Gasteiger partial charge in [0.05, 0.1) is 11.3 Å². The smallest absolute Gasteiger partial charge is 0.340 e. The molecule has 0 radical (unpaired) electrons. The average Bonchev–Trinajstić information content (AvgIpc) is 2.65. The first-order valence-corrected chi connectivity index (χ1v) is 9.22. The number of carbonyl (C=O) groups is 3. The summed E-state index contributed by atoms with van der Waals surface area (Å²) in [4.78, 5) is 38.3. The van der Waals surface area contributed by atoms with Crippen LogP contribution in [0.2, 0.25) is 0 Å². The van der Waals surface area contributed by atoms with Crippen molar-refractivity contribution in [3.8, 4) is 0 Å². The number of anilines is 1.